The van der Waals surface area contributed by atoms with Gasteiger partial charge in [0, 0.05) is 102 Å². The molecular formula is C45H63N6O2S2+. The van der Waals surface area contributed by atoms with E-state index in [0.717, 1.165) is 68.0 Å². The monoisotopic (exact) mass is 783 g/mol. The molecule has 2 amide bonds. The number of aryl methyl sites for hydroxylation is 1. The molecule has 0 aliphatic heterocycles. The number of carbonyl (C=O) groups is 2. The third kappa shape index (κ3) is 18.7. The van der Waals surface area contributed by atoms with Crippen molar-refractivity contribution >= 4 is 63.0 Å². The van der Waals surface area contributed by atoms with Gasteiger partial charge in [0.2, 0.25) is 11.8 Å². The van der Waals surface area contributed by atoms with Crippen LogP contribution in [0.25, 0.3) is 18.2 Å². The van der Waals surface area contributed by atoms with Gasteiger partial charge < -0.3 is 25.3 Å². The summed E-state index contributed by atoms with van der Waals surface area (Å²) < 4.78 is 2.03. The minimum absolute atomic E-state index is 0.120. The molecule has 0 fully saturated rings. The predicted molar refractivity (Wildman–Crippen MR) is 240 cm³/mol. The van der Waals surface area contributed by atoms with E-state index in [-0.39, 0.29) is 11.8 Å². The van der Waals surface area contributed by atoms with E-state index in [9.17, 15) is 9.59 Å². The molecule has 0 aliphatic carbocycles. The van der Waals surface area contributed by atoms with Crippen LogP contribution >= 0.6 is 21.6 Å². The highest BCUT2D eigenvalue weighted by Gasteiger charge is 2.10. The van der Waals surface area contributed by atoms with Crippen LogP contribution in [-0.4, -0.2) is 82.6 Å². The maximum Gasteiger partial charge on any atom is 0.222 e. The van der Waals surface area contributed by atoms with Crippen LogP contribution in [0.3, 0.4) is 0 Å². The minimum Gasteiger partial charge on any atom is -0.394 e. The first-order valence-corrected chi connectivity index (χ1v) is 21.9. The molecule has 3 aromatic rings. The van der Waals surface area contributed by atoms with Gasteiger partial charge in [-0.25, -0.2) is 4.57 Å². The molecule has 3 rings (SSSR count). The summed E-state index contributed by atoms with van der Waals surface area (Å²) in [6, 6.07) is 21.3. The van der Waals surface area contributed by atoms with E-state index in [2.05, 4.69) is 126 Å². The van der Waals surface area contributed by atoms with Crippen molar-refractivity contribution in [2.45, 2.75) is 45.4 Å². The molecule has 1 aromatic heterocycles. The van der Waals surface area contributed by atoms with Gasteiger partial charge in [0.15, 0.2) is 12.4 Å². The number of nitrogens with zero attached hydrogens (tertiary/aromatic N) is 4. The Balaban J connectivity index is 1.16. The number of nitrogens with one attached hydrogen (secondary N) is 2. The van der Waals surface area contributed by atoms with Crippen molar-refractivity contribution in [2.24, 2.45) is 7.05 Å². The van der Waals surface area contributed by atoms with Gasteiger partial charge >= 0.3 is 0 Å². The largest absolute Gasteiger partial charge is 0.394 e. The molecule has 0 saturated heterocycles. The van der Waals surface area contributed by atoms with E-state index in [4.69, 9.17) is 0 Å². The Labute approximate surface area is 339 Å². The smallest absolute Gasteiger partial charge is 0.222 e. The van der Waals surface area contributed by atoms with E-state index in [1.165, 1.54) is 22.5 Å². The van der Waals surface area contributed by atoms with Gasteiger partial charge in [0.05, 0.1) is 0 Å². The zero-order valence-electron chi connectivity index (χ0n) is 33.9. The first-order valence-electron chi connectivity index (χ1n) is 19.4. The molecule has 8 nitrogen and oxygen atoms in total. The van der Waals surface area contributed by atoms with Crippen molar-refractivity contribution in [3.8, 4) is 0 Å². The van der Waals surface area contributed by atoms with E-state index < -0.39 is 0 Å². The Hall–Kier alpha value is -4.41. The van der Waals surface area contributed by atoms with Crippen molar-refractivity contribution < 1.29 is 14.2 Å². The molecule has 2 N–H and O–H groups in total. The highest BCUT2D eigenvalue weighted by atomic mass is 33.1. The number of benzene rings is 2. The van der Waals surface area contributed by atoms with Crippen LogP contribution in [0.15, 0.2) is 103 Å². The second-order valence-corrected chi connectivity index (χ2v) is 16.3. The van der Waals surface area contributed by atoms with Crippen LogP contribution in [0.4, 0.5) is 11.4 Å². The van der Waals surface area contributed by atoms with Crippen LogP contribution in [-0.2, 0) is 16.6 Å². The fourth-order valence-electron chi connectivity index (χ4n) is 5.56. The van der Waals surface area contributed by atoms with E-state index in [1.54, 1.807) is 21.6 Å². The fraction of sp³-hybridized carbons (Fsp3) is 0.400. The number of rotatable bonds is 25. The Morgan fingerprint density at radius 2 is 1.24 bits per heavy atom. The van der Waals surface area contributed by atoms with Crippen LogP contribution in [0.5, 0.6) is 0 Å². The van der Waals surface area contributed by atoms with Gasteiger partial charge in [-0.3, -0.25) is 9.59 Å². The molecule has 2 aromatic carbocycles. The molecule has 0 atom stereocenters. The molecule has 1 heterocycles. The zero-order chi connectivity index (χ0) is 39.7. The standard InChI is InChI=1S/C45H62N6O2S2/c1-7-38(26-30-46-2)14-15-39-18-24-43(25-19-39)50(5)32-11-33-51(6)45(53)13-9-37-55-54-36-8-12-44(52)47-29-10-31-49(4)42-22-20-40(21-23-42)16-17-41-27-34-48(3)35-28-41/h7,14-28,30,34-35,46H,8-13,29,31-33,36-37H2,1-6H3/p+1/b15-14+,30-26-,38-7-. The molecule has 0 saturated carbocycles. The molecule has 0 radical (unpaired) electrons. The van der Waals surface area contributed by atoms with E-state index in [0.29, 0.717) is 19.4 Å². The van der Waals surface area contributed by atoms with Gasteiger partial charge in [0.25, 0.3) is 0 Å². The summed E-state index contributed by atoms with van der Waals surface area (Å²) in [6.07, 6.45) is 23.3. The molecule has 10 heteroatoms. The average Bonchev–Trinajstić information content (AvgIpc) is 3.20. The van der Waals surface area contributed by atoms with Crippen molar-refractivity contribution in [1.29, 1.82) is 0 Å². The normalized spacial score (nSPS) is 11.8. The van der Waals surface area contributed by atoms with Crippen molar-refractivity contribution in [3.63, 3.8) is 0 Å². The number of amides is 2. The lowest BCUT2D eigenvalue weighted by Gasteiger charge is -2.22. The summed E-state index contributed by atoms with van der Waals surface area (Å²) in [7, 11) is 13.6. The Morgan fingerprint density at radius 3 is 1.82 bits per heavy atom. The maximum atomic E-state index is 12.7. The van der Waals surface area contributed by atoms with E-state index >= 15 is 0 Å². The summed E-state index contributed by atoms with van der Waals surface area (Å²) in [5.41, 5.74) is 6.98. The first kappa shape index (κ1) is 45.0. The van der Waals surface area contributed by atoms with E-state index in [1.807, 2.05) is 62.2 Å². The van der Waals surface area contributed by atoms with Crippen LogP contribution < -0.4 is 25.0 Å². The number of anilines is 2. The maximum absolute atomic E-state index is 12.7. The Morgan fingerprint density at radius 1 is 0.691 bits per heavy atom. The second-order valence-electron chi connectivity index (χ2n) is 13.6. The number of hydrogen-bond acceptors (Lipinski definition) is 7. The number of allylic oxidation sites excluding steroid dienone is 4. The van der Waals surface area contributed by atoms with Gasteiger partial charge in [0.1, 0.15) is 7.05 Å². The third-order valence-corrected chi connectivity index (χ3v) is 11.7. The number of carbonyl (C=O) groups excluding carboxylic acids is 2. The number of aromatic nitrogens is 1. The third-order valence-electron chi connectivity index (χ3n) is 9.12. The summed E-state index contributed by atoms with van der Waals surface area (Å²) in [5, 5.41) is 6.09. The summed E-state index contributed by atoms with van der Waals surface area (Å²) >= 11 is 0. The van der Waals surface area contributed by atoms with Crippen LogP contribution in [0, 0.1) is 0 Å². The van der Waals surface area contributed by atoms with Gasteiger partial charge in [-0.2, -0.15) is 0 Å². The SMILES string of the molecule is C/C=C(\C=C/NC)/C=C/c1ccc(N(C)CCCN(C)C(=O)CCCSSCCCC(=O)NCCCN(C)c2ccc(/C=C/c3cc[n+](C)cc3)cc2)cc1. The average molecular weight is 784 g/mol. The number of pyridine rings is 1. The molecule has 0 spiro atoms. The Bertz CT molecular complexity index is 1670. The predicted octanol–water partition coefficient (Wildman–Crippen LogP) is 8.24. The van der Waals surface area contributed by atoms with Gasteiger partial charge in [-0.15, -0.1) is 0 Å². The molecule has 0 unspecified atom stereocenters. The minimum atomic E-state index is 0.120. The second kappa shape index (κ2) is 26.4. The highest BCUT2D eigenvalue weighted by molar-refractivity contribution is 8.76. The van der Waals surface area contributed by atoms with Crippen LogP contribution in [0.1, 0.15) is 62.1 Å². The zero-order valence-corrected chi connectivity index (χ0v) is 35.5. The fourth-order valence-corrected chi connectivity index (χ4v) is 7.73. The molecular weight excluding hydrogens is 721 g/mol. The topological polar surface area (TPSA) is 71.8 Å². The summed E-state index contributed by atoms with van der Waals surface area (Å²) in [4.78, 5) is 31.3. The van der Waals surface area contributed by atoms with Gasteiger partial charge in [-0.1, -0.05) is 76.2 Å². The van der Waals surface area contributed by atoms with Crippen molar-refractivity contribution in [1.82, 2.24) is 15.5 Å². The van der Waals surface area contributed by atoms with Crippen molar-refractivity contribution in [3.05, 3.63) is 120 Å². The molecule has 55 heavy (non-hydrogen) atoms. The Kier molecular flexibility index (Phi) is 21.6. The molecule has 0 aliphatic rings. The molecule has 296 valence electrons. The van der Waals surface area contributed by atoms with Crippen molar-refractivity contribution in [2.75, 3.05) is 75.7 Å². The van der Waals surface area contributed by atoms with Crippen LogP contribution in [0.2, 0.25) is 0 Å². The summed E-state index contributed by atoms with van der Waals surface area (Å²) in [6.45, 7) is 5.22. The quantitative estimate of drug-likeness (QED) is 0.0389. The molecule has 0 bridgehead atoms. The lowest BCUT2D eigenvalue weighted by atomic mass is 10.1. The summed E-state index contributed by atoms with van der Waals surface area (Å²) in [5.74, 6) is 2.20. The number of hydrogen-bond donors (Lipinski definition) is 2. The van der Waals surface area contributed by atoms with Gasteiger partial charge in [-0.05, 0) is 91.4 Å². The highest BCUT2D eigenvalue weighted by Crippen LogP contribution is 2.24. The lowest BCUT2D eigenvalue weighted by Crippen LogP contribution is -2.30. The first-order chi connectivity index (χ1) is 26.7. The lowest BCUT2D eigenvalue weighted by molar-refractivity contribution is -0.671.